The van der Waals surface area contributed by atoms with E-state index in [-0.39, 0.29) is 0 Å². The Balaban J connectivity index is 2.29. The van der Waals surface area contributed by atoms with Gasteiger partial charge in [0.05, 0.1) is 0 Å². The van der Waals surface area contributed by atoms with Gasteiger partial charge in [-0.25, -0.2) is 0 Å². The molecule has 2 aliphatic rings. The zero-order valence-corrected chi connectivity index (χ0v) is 10.3. The molecule has 0 nitrogen and oxygen atoms in total. The summed E-state index contributed by atoms with van der Waals surface area (Å²) in [6.45, 7) is 11.0. The smallest absolute Gasteiger partial charge is 0.00757 e. The zero-order chi connectivity index (χ0) is 11.1. The third kappa shape index (κ3) is 1.82. The van der Waals surface area contributed by atoms with Crippen LogP contribution in [0.1, 0.15) is 46.5 Å². The van der Waals surface area contributed by atoms with Crippen LogP contribution in [-0.4, -0.2) is 0 Å². The van der Waals surface area contributed by atoms with Crippen molar-refractivity contribution in [1.29, 1.82) is 0 Å². The van der Waals surface area contributed by atoms with Crippen LogP contribution in [0.4, 0.5) is 0 Å². The summed E-state index contributed by atoms with van der Waals surface area (Å²) in [5.41, 5.74) is 5.04. The predicted molar refractivity (Wildman–Crippen MR) is 66.7 cm³/mol. The van der Waals surface area contributed by atoms with Crippen LogP contribution in [0.25, 0.3) is 0 Å². The molecule has 1 saturated carbocycles. The summed E-state index contributed by atoms with van der Waals surface area (Å²) in [5, 5.41) is 0. The summed E-state index contributed by atoms with van der Waals surface area (Å²) in [4.78, 5) is 0. The molecule has 0 heteroatoms. The largest absolute Gasteiger partial charge is 0.0998 e. The molecule has 82 valence electrons. The predicted octanol–water partition coefficient (Wildman–Crippen LogP) is 4.65. The first-order valence-electron chi connectivity index (χ1n) is 6.05. The summed E-state index contributed by atoms with van der Waals surface area (Å²) in [6, 6.07) is 0. The summed E-state index contributed by atoms with van der Waals surface area (Å²) >= 11 is 0. The van der Waals surface area contributed by atoms with Crippen molar-refractivity contribution in [2.45, 2.75) is 46.5 Å². The molecule has 2 rings (SSSR count). The van der Waals surface area contributed by atoms with E-state index in [0.717, 1.165) is 5.92 Å². The van der Waals surface area contributed by atoms with Crippen molar-refractivity contribution < 1.29 is 0 Å². The Kier molecular flexibility index (Phi) is 2.62. The average Bonchev–Trinajstić information content (AvgIpc) is 2.17. The topological polar surface area (TPSA) is 0 Å². The Morgan fingerprint density at radius 2 is 2.27 bits per heavy atom. The molecule has 0 aromatic heterocycles. The third-order valence-corrected chi connectivity index (χ3v) is 4.33. The van der Waals surface area contributed by atoms with Gasteiger partial charge in [-0.3, -0.25) is 0 Å². The molecule has 15 heavy (non-hydrogen) atoms. The van der Waals surface area contributed by atoms with Gasteiger partial charge in [0.25, 0.3) is 0 Å². The highest BCUT2D eigenvalue weighted by Crippen LogP contribution is 2.50. The highest BCUT2D eigenvalue weighted by atomic mass is 14.4. The zero-order valence-electron chi connectivity index (χ0n) is 10.3. The monoisotopic (exact) mass is 202 g/mol. The van der Waals surface area contributed by atoms with Crippen LogP contribution in [0.15, 0.2) is 35.5 Å². The van der Waals surface area contributed by atoms with E-state index in [2.05, 4.69) is 39.5 Å². The lowest BCUT2D eigenvalue weighted by Gasteiger charge is -2.42. The Morgan fingerprint density at radius 3 is 2.93 bits per heavy atom. The number of fused-ring (bicyclic) bond motifs is 1. The Morgan fingerprint density at radius 1 is 1.53 bits per heavy atom. The van der Waals surface area contributed by atoms with Crippen LogP contribution in [0.5, 0.6) is 0 Å². The molecule has 0 bridgehead atoms. The Labute approximate surface area is 93.8 Å². The van der Waals surface area contributed by atoms with Crippen LogP contribution in [0, 0.1) is 11.3 Å². The quantitative estimate of drug-likeness (QED) is 0.543. The number of hydrogen-bond donors (Lipinski definition) is 0. The molecule has 0 N–H and O–H groups in total. The van der Waals surface area contributed by atoms with E-state index < -0.39 is 0 Å². The van der Waals surface area contributed by atoms with Gasteiger partial charge in [-0.1, -0.05) is 42.4 Å². The van der Waals surface area contributed by atoms with Crippen molar-refractivity contribution in [2.75, 3.05) is 0 Å². The lowest BCUT2D eigenvalue weighted by Crippen LogP contribution is -2.29. The third-order valence-electron chi connectivity index (χ3n) is 4.33. The van der Waals surface area contributed by atoms with Crippen molar-refractivity contribution in [2.24, 2.45) is 11.3 Å². The lowest BCUT2D eigenvalue weighted by atomic mass is 9.62. The summed E-state index contributed by atoms with van der Waals surface area (Å²) in [5.74, 6) is 0.731. The second-order valence-electron chi connectivity index (χ2n) is 5.61. The van der Waals surface area contributed by atoms with Gasteiger partial charge in [0.2, 0.25) is 0 Å². The highest BCUT2D eigenvalue weighted by molar-refractivity contribution is 5.35. The average molecular weight is 202 g/mol. The molecule has 2 aliphatic carbocycles. The van der Waals surface area contributed by atoms with Crippen LogP contribution in [-0.2, 0) is 0 Å². The number of rotatable bonds is 1. The van der Waals surface area contributed by atoms with Gasteiger partial charge in [0.1, 0.15) is 0 Å². The van der Waals surface area contributed by atoms with Crippen LogP contribution in [0.3, 0.4) is 0 Å². The first kappa shape index (κ1) is 10.7. The van der Waals surface area contributed by atoms with Crippen molar-refractivity contribution >= 4 is 0 Å². The number of hydrogen-bond acceptors (Lipinski definition) is 0. The summed E-state index contributed by atoms with van der Waals surface area (Å²) in [6.07, 6.45) is 9.81. The standard InChI is InChI=1S/C15H22/c1-11(2)13-7-9-15(4)8-5-6-12(3)14(15)10-13/h5-6,13H,1,7-10H2,2-4H3/t13-,15-/m1/s1. The van der Waals surface area contributed by atoms with Crippen molar-refractivity contribution in [3.8, 4) is 0 Å². The molecule has 0 aliphatic heterocycles. The van der Waals surface area contributed by atoms with Crippen LogP contribution in [0.2, 0.25) is 0 Å². The maximum atomic E-state index is 4.12. The first-order chi connectivity index (χ1) is 7.03. The van der Waals surface area contributed by atoms with Gasteiger partial charge in [-0.05, 0) is 50.9 Å². The van der Waals surface area contributed by atoms with Crippen LogP contribution < -0.4 is 0 Å². The molecule has 0 saturated heterocycles. The van der Waals surface area contributed by atoms with E-state index in [0.29, 0.717) is 5.41 Å². The lowest BCUT2D eigenvalue weighted by molar-refractivity contribution is 0.265. The maximum absolute atomic E-state index is 4.12. The molecule has 0 amide bonds. The van der Waals surface area contributed by atoms with Gasteiger partial charge >= 0.3 is 0 Å². The van der Waals surface area contributed by atoms with Gasteiger partial charge in [0.15, 0.2) is 0 Å². The first-order valence-corrected chi connectivity index (χ1v) is 6.05. The van der Waals surface area contributed by atoms with Crippen molar-refractivity contribution in [3.05, 3.63) is 35.5 Å². The van der Waals surface area contributed by atoms with Crippen molar-refractivity contribution in [3.63, 3.8) is 0 Å². The highest BCUT2D eigenvalue weighted by Gasteiger charge is 2.36. The fourth-order valence-corrected chi connectivity index (χ4v) is 3.12. The van der Waals surface area contributed by atoms with Gasteiger partial charge in [-0.2, -0.15) is 0 Å². The van der Waals surface area contributed by atoms with E-state index in [1.54, 1.807) is 5.57 Å². The minimum absolute atomic E-state index is 0.463. The molecule has 0 heterocycles. The second kappa shape index (κ2) is 3.66. The Hall–Kier alpha value is -0.780. The molecule has 1 fully saturated rings. The second-order valence-corrected chi connectivity index (χ2v) is 5.61. The molecule has 2 atom stereocenters. The molecule has 0 aromatic rings. The fourth-order valence-electron chi connectivity index (χ4n) is 3.12. The molecule has 0 radical (unpaired) electrons. The van der Waals surface area contributed by atoms with E-state index in [1.807, 2.05) is 0 Å². The normalized spacial score (nSPS) is 35.3. The molecule has 0 aromatic carbocycles. The van der Waals surface area contributed by atoms with E-state index >= 15 is 0 Å². The Bertz CT molecular complexity index is 343. The van der Waals surface area contributed by atoms with Gasteiger partial charge in [0, 0.05) is 0 Å². The maximum Gasteiger partial charge on any atom is -0.00757 e. The van der Waals surface area contributed by atoms with Crippen LogP contribution >= 0.6 is 0 Å². The molecular formula is C15H22. The van der Waals surface area contributed by atoms with Crippen molar-refractivity contribution in [1.82, 2.24) is 0 Å². The molecule has 0 unspecified atom stereocenters. The number of allylic oxidation sites excluding steroid dienone is 5. The summed E-state index contributed by atoms with van der Waals surface area (Å²) < 4.78 is 0. The fraction of sp³-hybridized carbons (Fsp3) is 0.600. The van der Waals surface area contributed by atoms with Gasteiger partial charge in [-0.15, -0.1) is 0 Å². The van der Waals surface area contributed by atoms with E-state index in [4.69, 9.17) is 0 Å². The molecular weight excluding hydrogens is 180 g/mol. The minimum atomic E-state index is 0.463. The molecule has 0 spiro atoms. The van der Waals surface area contributed by atoms with Gasteiger partial charge < -0.3 is 0 Å². The SMILES string of the molecule is C=C(C)[C@@H]1CC[C@@]2(C)CC=CC(C)=C2C1. The summed E-state index contributed by atoms with van der Waals surface area (Å²) in [7, 11) is 0. The van der Waals surface area contributed by atoms with E-state index in [1.165, 1.54) is 36.8 Å². The van der Waals surface area contributed by atoms with E-state index in [9.17, 15) is 0 Å². The minimum Gasteiger partial charge on any atom is -0.0998 e.